The van der Waals surface area contributed by atoms with E-state index in [4.69, 9.17) is 4.74 Å². The minimum Gasteiger partial charge on any atom is -0.385 e. The van der Waals surface area contributed by atoms with Crippen molar-refractivity contribution in [3.05, 3.63) is 11.6 Å². The number of hydrogen-bond donors (Lipinski definition) is 1. The fraction of sp³-hybridized carbons (Fsp3) is 0.818. The highest BCUT2D eigenvalue weighted by molar-refractivity contribution is 5.03. The molecule has 0 spiro atoms. The first-order valence-electron chi connectivity index (χ1n) is 6.02. The van der Waals surface area contributed by atoms with Gasteiger partial charge < -0.3 is 14.4 Å². The summed E-state index contributed by atoms with van der Waals surface area (Å²) in [4.78, 5) is 0. The van der Waals surface area contributed by atoms with E-state index in [1.165, 1.54) is 0 Å². The maximum absolute atomic E-state index is 9.79. The first-order valence-corrected chi connectivity index (χ1v) is 6.02. The summed E-state index contributed by atoms with van der Waals surface area (Å²) >= 11 is 0. The van der Waals surface area contributed by atoms with E-state index in [1.54, 1.807) is 0 Å². The molecule has 2 unspecified atom stereocenters. The predicted octanol–water partition coefficient (Wildman–Crippen LogP) is 0.684. The lowest BCUT2D eigenvalue weighted by Crippen LogP contribution is -2.19. The van der Waals surface area contributed by atoms with E-state index in [1.807, 2.05) is 0 Å². The minimum atomic E-state index is -0.421. The maximum atomic E-state index is 9.79. The molecule has 5 heteroatoms. The summed E-state index contributed by atoms with van der Waals surface area (Å²) in [5.41, 5.74) is 0. The maximum Gasteiger partial charge on any atom is 0.161 e. The molecule has 0 amide bonds. The minimum absolute atomic E-state index is 0.421. The third kappa shape index (κ3) is 1.74. The molecule has 1 aromatic rings. The normalized spacial score (nSPS) is 29.3. The predicted molar refractivity (Wildman–Crippen MR) is 56.8 cm³/mol. The molecule has 16 heavy (non-hydrogen) atoms. The largest absolute Gasteiger partial charge is 0.385 e. The van der Waals surface area contributed by atoms with Gasteiger partial charge in [-0.05, 0) is 25.2 Å². The molecule has 0 bridgehead atoms. The SMILES string of the molecule is OC1CCCn2c(CC3CCOC3)nnc21. The van der Waals surface area contributed by atoms with E-state index in [0.29, 0.717) is 5.92 Å². The second-order valence-corrected chi connectivity index (χ2v) is 4.72. The Labute approximate surface area is 94.4 Å². The number of hydrogen-bond acceptors (Lipinski definition) is 4. The van der Waals surface area contributed by atoms with Gasteiger partial charge in [0.25, 0.3) is 0 Å². The lowest BCUT2D eigenvalue weighted by molar-refractivity contribution is 0.132. The first kappa shape index (κ1) is 10.2. The number of fused-ring (bicyclic) bond motifs is 1. The number of aliphatic hydroxyl groups excluding tert-OH is 1. The molecule has 2 aliphatic rings. The zero-order valence-corrected chi connectivity index (χ0v) is 9.30. The van der Waals surface area contributed by atoms with Crippen LogP contribution in [0, 0.1) is 5.92 Å². The van der Waals surface area contributed by atoms with Crippen molar-refractivity contribution < 1.29 is 9.84 Å². The van der Waals surface area contributed by atoms with E-state index in [-0.39, 0.29) is 0 Å². The van der Waals surface area contributed by atoms with E-state index in [2.05, 4.69) is 14.8 Å². The Kier molecular flexibility index (Phi) is 2.65. The van der Waals surface area contributed by atoms with Gasteiger partial charge in [-0.25, -0.2) is 0 Å². The van der Waals surface area contributed by atoms with Gasteiger partial charge in [0.05, 0.1) is 0 Å². The Morgan fingerprint density at radius 3 is 3.12 bits per heavy atom. The molecule has 5 nitrogen and oxygen atoms in total. The molecule has 88 valence electrons. The fourth-order valence-corrected chi connectivity index (χ4v) is 2.56. The smallest absolute Gasteiger partial charge is 0.161 e. The topological polar surface area (TPSA) is 60.2 Å². The van der Waals surface area contributed by atoms with Crippen molar-refractivity contribution in [1.82, 2.24) is 14.8 Å². The lowest BCUT2D eigenvalue weighted by Gasteiger charge is -2.20. The van der Waals surface area contributed by atoms with E-state index in [0.717, 1.165) is 57.1 Å². The van der Waals surface area contributed by atoms with Gasteiger partial charge >= 0.3 is 0 Å². The van der Waals surface area contributed by atoms with E-state index >= 15 is 0 Å². The number of rotatable bonds is 2. The van der Waals surface area contributed by atoms with Gasteiger partial charge in [-0.1, -0.05) is 0 Å². The van der Waals surface area contributed by atoms with Gasteiger partial charge in [-0.3, -0.25) is 0 Å². The van der Waals surface area contributed by atoms with Crippen LogP contribution in [0.5, 0.6) is 0 Å². The standard InChI is InChI=1S/C11H17N3O2/c15-9-2-1-4-14-10(12-13-11(9)14)6-8-3-5-16-7-8/h8-9,15H,1-7H2. The van der Waals surface area contributed by atoms with Crippen LogP contribution in [0.3, 0.4) is 0 Å². The zero-order valence-electron chi connectivity index (χ0n) is 9.30. The molecule has 0 aromatic carbocycles. The molecule has 1 N–H and O–H groups in total. The molecule has 1 aromatic heterocycles. The van der Waals surface area contributed by atoms with E-state index < -0.39 is 6.10 Å². The molecule has 3 rings (SSSR count). The van der Waals surface area contributed by atoms with Crippen molar-refractivity contribution in [3.63, 3.8) is 0 Å². The van der Waals surface area contributed by atoms with Crippen LogP contribution < -0.4 is 0 Å². The van der Waals surface area contributed by atoms with Gasteiger partial charge in [0.1, 0.15) is 11.9 Å². The lowest BCUT2D eigenvalue weighted by atomic mass is 10.0. The van der Waals surface area contributed by atoms with Crippen LogP contribution in [0.25, 0.3) is 0 Å². The Hall–Kier alpha value is -0.940. The summed E-state index contributed by atoms with van der Waals surface area (Å²) < 4.78 is 7.45. The van der Waals surface area contributed by atoms with Crippen LogP contribution in [0.2, 0.25) is 0 Å². The molecule has 0 radical (unpaired) electrons. The van der Waals surface area contributed by atoms with Gasteiger partial charge in [0.2, 0.25) is 0 Å². The van der Waals surface area contributed by atoms with Crippen molar-refractivity contribution in [2.75, 3.05) is 13.2 Å². The summed E-state index contributed by atoms with van der Waals surface area (Å²) in [5.74, 6) is 2.34. The summed E-state index contributed by atoms with van der Waals surface area (Å²) in [5, 5.41) is 18.1. The quantitative estimate of drug-likeness (QED) is 0.801. The average molecular weight is 223 g/mol. The Morgan fingerprint density at radius 1 is 1.38 bits per heavy atom. The number of aromatic nitrogens is 3. The molecule has 1 saturated heterocycles. The molecule has 0 aliphatic carbocycles. The average Bonchev–Trinajstić information content (AvgIpc) is 2.90. The Balaban J connectivity index is 1.79. The molecule has 1 fully saturated rings. The number of nitrogens with zero attached hydrogens (tertiary/aromatic N) is 3. The summed E-state index contributed by atoms with van der Waals surface area (Å²) in [6.45, 7) is 2.65. The number of aliphatic hydroxyl groups is 1. The van der Waals surface area contributed by atoms with Crippen molar-refractivity contribution in [2.24, 2.45) is 5.92 Å². The highest BCUT2D eigenvalue weighted by Gasteiger charge is 2.25. The van der Waals surface area contributed by atoms with Crippen molar-refractivity contribution in [3.8, 4) is 0 Å². The van der Waals surface area contributed by atoms with Gasteiger partial charge in [0.15, 0.2) is 5.82 Å². The van der Waals surface area contributed by atoms with Crippen LogP contribution in [-0.4, -0.2) is 33.1 Å². The second-order valence-electron chi connectivity index (χ2n) is 4.72. The molecule has 3 heterocycles. The highest BCUT2D eigenvalue weighted by atomic mass is 16.5. The zero-order chi connectivity index (χ0) is 11.0. The fourth-order valence-electron chi connectivity index (χ4n) is 2.56. The monoisotopic (exact) mass is 223 g/mol. The van der Waals surface area contributed by atoms with Crippen molar-refractivity contribution in [1.29, 1.82) is 0 Å². The molecule has 2 aliphatic heterocycles. The summed E-state index contributed by atoms with van der Waals surface area (Å²) in [6, 6.07) is 0. The highest BCUT2D eigenvalue weighted by Crippen LogP contribution is 2.25. The van der Waals surface area contributed by atoms with E-state index in [9.17, 15) is 5.11 Å². The van der Waals surface area contributed by atoms with Gasteiger partial charge in [-0.2, -0.15) is 0 Å². The Morgan fingerprint density at radius 2 is 2.31 bits per heavy atom. The number of ether oxygens (including phenoxy) is 1. The van der Waals surface area contributed by atoms with Crippen LogP contribution in [0.15, 0.2) is 0 Å². The molecular weight excluding hydrogens is 206 g/mol. The third-order valence-corrected chi connectivity index (χ3v) is 3.51. The Bertz CT molecular complexity index is 371. The molecular formula is C11H17N3O2. The molecule has 2 atom stereocenters. The van der Waals surface area contributed by atoms with Crippen molar-refractivity contribution in [2.45, 2.75) is 38.3 Å². The van der Waals surface area contributed by atoms with Gasteiger partial charge in [0, 0.05) is 26.2 Å². The molecule has 0 saturated carbocycles. The van der Waals surface area contributed by atoms with Crippen LogP contribution in [0.4, 0.5) is 0 Å². The summed E-state index contributed by atoms with van der Waals surface area (Å²) in [7, 11) is 0. The van der Waals surface area contributed by atoms with Crippen LogP contribution in [0.1, 0.15) is 37.0 Å². The van der Waals surface area contributed by atoms with Crippen LogP contribution >= 0.6 is 0 Å². The first-order chi connectivity index (χ1) is 7.84. The van der Waals surface area contributed by atoms with Gasteiger partial charge in [-0.15, -0.1) is 10.2 Å². The summed E-state index contributed by atoms with van der Waals surface area (Å²) in [6.07, 6.45) is 3.45. The third-order valence-electron chi connectivity index (χ3n) is 3.51. The second kappa shape index (κ2) is 4.14. The van der Waals surface area contributed by atoms with Crippen molar-refractivity contribution >= 4 is 0 Å². The van der Waals surface area contributed by atoms with Crippen LogP contribution in [-0.2, 0) is 17.7 Å².